The Balaban J connectivity index is 2.06. The van der Waals surface area contributed by atoms with Crippen molar-refractivity contribution in [3.05, 3.63) is 53.6 Å². The first kappa shape index (κ1) is 31.3. The monoisotopic (exact) mass is 524 g/mol. The van der Waals surface area contributed by atoms with Crippen LogP contribution in [0.5, 0.6) is 23.0 Å². The van der Waals surface area contributed by atoms with Crippen molar-refractivity contribution < 1.29 is 24.1 Å². The fourth-order valence-corrected chi connectivity index (χ4v) is 4.10. The molecule has 0 aliphatic heterocycles. The molecule has 5 nitrogen and oxygen atoms in total. The zero-order valence-electron chi connectivity index (χ0n) is 23.8. The van der Waals surface area contributed by atoms with Crippen molar-refractivity contribution in [3.63, 3.8) is 0 Å². The summed E-state index contributed by atoms with van der Waals surface area (Å²) in [6.07, 6.45) is 16.6. The molecule has 0 bridgehead atoms. The van der Waals surface area contributed by atoms with Gasteiger partial charge in [0.2, 0.25) is 0 Å². The predicted molar refractivity (Wildman–Crippen MR) is 157 cm³/mol. The number of hydrogen-bond donors (Lipinski definition) is 1. The number of phenolic OH excluding ortho intramolecular Hbond substituents is 1. The summed E-state index contributed by atoms with van der Waals surface area (Å²) in [6.45, 7) is 8.31. The van der Waals surface area contributed by atoms with Gasteiger partial charge in [-0.05, 0) is 43.0 Å². The minimum absolute atomic E-state index is 0.124. The standard InChI is InChI=1S/C33H48O5/c1-4-7-10-13-22-36-28-19-16-27(17-20-28)18-21-30(34)33-31(35)25-29(37-23-14-11-8-5-2)26-32(33)38-24-15-12-9-6-3/h16-21,25-26,35H,4-15,22-24H2,1-3H3/b21-18+. The molecule has 1 N–H and O–H groups in total. The quantitative estimate of drug-likeness (QED) is 0.100. The second-order valence-corrected chi connectivity index (χ2v) is 9.81. The number of ether oxygens (including phenoxy) is 3. The zero-order chi connectivity index (χ0) is 27.4. The van der Waals surface area contributed by atoms with Gasteiger partial charge in [0, 0.05) is 12.1 Å². The van der Waals surface area contributed by atoms with E-state index in [0.717, 1.165) is 62.7 Å². The third-order valence-electron chi connectivity index (χ3n) is 6.40. The second kappa shape index (κ2) is 19.2. The molecule has 0 unspecified atom stereocenters. The van der Waals surface area contributed by atoms with Gasteiger partial charge in [-0.15, -0.1) is 0 Å². The molecule has 2 rings (SSSR count). The summed E-state index contributed by atoms with van der Waals surface area (Å²) >= 11 is 0. The molecule has 0 aromatic heterocycles. The minimum Gasteiger partial charge on any atom is -0.507 e. The average Bonchev–Trinajstić information content (AvgIpc) is 2.92. The fourth-order valence-electron chi connectivity index (χ4n) is 4.10. The van der Waals surface area contributed by atoms with Gasteiger partial charge in [-0.1, -0.05) is 96.8 Å². The highest BCUT2D eigenvalue weighted by molar-refractivity contribution is 6.10. The van der Waals surface area contributed by atoms with Crippen molar-refractivity contribution in [3.8, 4) is 23.0 Å². The van der Waals surface area contributed by atoms with E-state index >= 15 is 0 Å². The summed E-state index contributed by atoms with van der Waals surface area (Å²) in [7, 11) is 0. The number of unbranched alkanes of at least 4 members (excludes halogenated alkanes) is 9. The lowest BCUT2D eigenvalue weighted by Crippen LogP contribution is -2.06. The summed E-state index contributed by atoms with van der Waals surface area (Å²) in [5.41, 5.74) is 1.05. The molecule has 0 fully saturated rings. The van der Waals surface area contributed by atoms with Gasteiger partial charge >= 0.3 is 0 Å². The molecule has 0 heterocycles. The second-order valence-electron chi connectivity index (χ2n) is 9.81. The molecule has 0 spiro atoms. The number of carbonyl (C=O) groups excluding carboxylic acids is 1. The molecule has 0 radical (unpaired) electrons. The van der Waals surface area contributed by atoms with Gasteiger partial charge in [-0.25, -0.2) is 0 Å². The van der Waals surface area contributed by atoms with Crippen molar-refractivity contribution in [1.29, 1.82) is 0 Å². The number of phenols is 1. The van der Waals surface area contributed by atoms with Gasteiger partial charge in [-0.3, -0.25) is 4.79 Å². The summed E-state index contributed by atoms with van der Waals surface area (Å²) in [4.78, 5) is 13.1. The highest BCUT2D eigenvalue weighted by atomic mass is 16.5. The average molecular weight is 525 g/mol. The van der Waals surface area contributed by atoms with Gasteiger partial charge < -0.3 is 19.3 Å². The molecule has 0 amide bonds. The van der Waals surface area contributed by atoms with E-state index in [1.807, 2.05) is 24.3 Å². The Labute approximate surface area is 230 Å². The number of benzene rings is 2. The van der Waals surface area contributed by atoms with Gasteiger partial charge in [0.1, 0.15) is 28.6 Å². The van der Waals surface area contributed by atoms with Crippen LogP contribution in [0.2, 0.25) is 0 Å². The van der Waals surface area contributed by atoms with Crippen LogP contribution in [0.25, 0.3) is 6.08 Å². The fraction of sp³-hybridized carbons (Fsp3) is 0.545. The van der Waals surface area contributed by atoms with Gasteiger partial charge in [0.15, 0.2) is 5.78 Å². The van der Waals surface area contributed by atoms with E-state index in [9.17, 15) is 9.90 Å². The Morgan fingerprint density at radius 2 is 1.21 bits per heavy atom. The molecule has 0 aliphatic carbocycles. The minimum atomic E-state index is -0.309. The molecule has 38 heavy (non-hydrogen) atoms. The maximum atomic E-state index is 13.1. The summed E-state index contributed by atoms with van der Waals surface area (Å²) in [6, 6.07) is 10.9. The number of allylic oxidation sites excluding steroid dienone is 1. The van der Waals surface area contributed by atoms with E-state index in [4.69, 9.17) is 14.2 Å². The van der Waals surface area contributed by atoms with Crippen LogP contribution in [0.3, 0.4) is 0 Å². The lowest BCUT2D eigenvalue weighted by molar-refractivity contribution is 0.104. The molecule has 0 atom stereocenters. The Kier molecular flexibility index (Phi) is 15.8. The van der Waals surface area contributed by atoms with Crippen molar-refractivity contribution in [2.75, 3.05) is 19.8 Å². The van der Waals surface area contributed by atoms with Crippen molar-refractivity contribution in [2.45, 2.75) is 97.8 Å². The molecular formula is C33H48O5. The van der Waals surface area contributed by atoms with Crippen molar-refractivity contribution >= 4 is 11.9 Å². The number of ketones is 1. The maximum absolute atomic E-state index is 13.1. The Morgan fingerprint density at radius 1 is 0.684 bits per heavy atom. The smallest absolute Gasteiger partial charge is 0.193 e. The molecule has 0 saturated carbocycles. The lowest BCUT2D eigenvalue weighted by Gasteiger charge is -2.14. The topological polar surface area (TPSA) is 65.0 Å². The Hall–Kier alpha value is -2.95. The number of carbonyl (C=O) groups is 1. The summed E-state index contributed by atoms with van der Waals surface area (Å²) in [5.74, 6) is 1.28. The molecule has 2 aromatic rings. The lowest BCUT2D eigenvalue weighted by atomic mass is 10.1. The summed E-state index contributed by atoms with van der Waals surface area (Å²) < 4.78 is 17.7. The van der Waals surface area contributed by atoms with E-state index in [2.05, 4.69) is 20.8 Å². The van der Waals surface area contributed by atoms with Gasteiger partial charge in [0.05, 0.1) is 19.8 Å². The van der Waals surface area contributed by atoms with E-state index in [-0.39, 0.29) is 17.1 Å². The Morgan fingerprint density at radius 3 is 1.76 bits per heavy atom. The third kappa shape index (κ3) is 12.1. The van der Waals surface area contributed by atoms with Crippen molar-refractivity contribution in [1.82, 2.24) is 0 Å². The van der Waals surface area contributed by atoms with E-state index in [0.29, 0.717) is 31.3 Å². The maximum Gasteiger partial charge on any atom is 0.193 e. The molecule has 0 aliphatic rings. The van der Waals surface area contributed by atoms with E-state index in [1.165, 1.54) is 37.8 Å². The van der Waals surface area contributed by atoms with Crippen LogP contribution in [-0.2, 0) is 0 Å². The largest absolute Gasteiger partial charge is 0.507 e. The Bertz CT molecular complexity index is 949. The molecular weight excluding hydrogens is 476 g/mol. The molecule has 0 saturated heterocycles. The number of aromatic hydroxyl groups is 1. The number of rotatable bonds is 21. The van der Waals surface area contributed by atoms with E-state index in [1.54, 1.807) is 12.1 Å². The third-order valence-corrected chi connectivity index (χ3v) is 6.40. The van der Waals surface area contributed by atoms with E-state index < -0.39 is 0 Å². The van der Waals surface area contributed by atoms with Gasteiger partial charge in [0.25, 0.3) is 0 Å². The van der Waals surface area contributed by atoms with Crippen LogP contribution in [-0.4, -0.2) is 30.7 Å². The SMILES string of the molecule is CCCCCCOc1ccc(/C=C/C(=O)c2c(O)cc(OCCCCCC)cc2OCCCCCC)cc1. The predicted octanol–water partition coefficient (Wildman–Crippen LogP) is 9.17. The first-order valence-corrected chi connectivity index (χ1v) is 14.7. The van der Waals surface area contributed by atoms with Crippen LogP contribution in [0.15, 0.2) is 42.5 Å². The molecule has 5 heteroatoms. The number of hydrogen-bond acceptors (Lipinski definition) is 5. The highest BCUT2D eigenvalue weighted by Crippen LogP contribution is 2.35. The van der Waals surface area contributed by atoms with Crippen LogP contribution in [0, 0.1) is 0 Å². The highest BCUT2D eigenvalue weighted by Gasteiger charge is 2.18. The first-order valence-electron chi connectivity index (χ1n) is 14.7. The summed E-state index contributed by atoms with van der Waals surface area (Å²) in [5, 5.41) is 10.8. The zero-order valence-corrected chi connectivity index (χ0v) is 23.8. The first-order chi connectivity index (χ1) is 18.6. The normalized spacial score (nSPS) is 11.1. The molecule has 210 valence electrons. The van der Waals surface area contributed by atoms with Crippen LogP contribution >= 0.6 is 0 Å². The van der Waals surface area contributed by atoms with Crippen LogP contribution in [0.1, 0.15) is 114 Å². The van der Waals surface area contributed by atoms with Crippen LogP contribution in [0.4, 0.5) is 0 Å². The van der Waals surface area contributed by atoms with Gasteiger partial charge in [-0.2, -0.15) is 0 Å². The van der Waals surface area contributed by atoms with Crippen LogP contribution < -0.4 is 14.2 Å². The molecule has 2 aromatic carbocycles. The van der Waals surface area contributed by atoms with Crippen molar-refractivity contribution in [2.24, 2.45) is 0 Å².